The molecule has 1 aromatic heterocycles. The predicted molar refractivity (Wildman–Crippen MR) is 113 cm³/mol. The van der Waals surface area contributed by atoms with Gasteiger partial charge in [-0.3, -0.25) is 4.79 Å². The number of sulfonamides is 1. The molecule has 2 fully saturated rings. The summed E-state index contributed by atoms with van der Waals surface area (Å²) in [7, 11) is -3.75. The van der Waals surface area contributed by atoms with Gasteiger partial charge in [0.1, 0.15) is 16.2 Å². The number of thiazole rings is 1. The first-order chi connectivity index (χ1) is 14.3. The number of hydrogen-bond acceptors (Lipinski definition) is 6. The lowest BCUT2D eigenvalue weighted by molar-refractivity contribution is -0.131. The van der Waals surface area contributed by atoms with Crippen molar-refractivity contribution >= 4 is 27.3 Å². The molecule has 1 saturated heterocycles. The summed E-state index contributed by atoms with van der Waals surface area (Å²) in [5, 5.41) is 2.80. The molecule has 1 atom stereocenters. The van der Waals surface area contributed by atoms with Gasteiger partial charge in [0.25, 0.3) is 0 Å². The Hall–Kier alpha value is -1.97. The molecule has 1 saturated carbocycles. The minimum Gasteiger partial charge on any atom is -0.483 e. The average molecular weight is 448 g/mol. The van der Waals surface area contributed by atoms with E-state index in [1.165, 1.54) is 15.6 Å². The maximum absolute atomic E-state index is 13.5. The minimum absolute atomic E-state index is 0.153. The van der Waals surface area contributed by atoms with E-state index in [0.29, 0.717) is 37.6 Å². The molecular formula is C21H25N3O4S2. The molecule has 30 heavy (non-hydrogen) atoms. The molecule has 1 spiro atoms. The lowest BCUT2D eigenvalue weighted by Gasteiger charge is -2.31. The van der Waals surface area contributed by atoms with Crippen LogP contribution in [-0.2, 0) is 21.4 Å². The molecule has 9 heteroatoms. The van der Waals surface area contributed by atoms with Crippen LogP contribution in [-0.4, -0.2) is 53.7 Å². The second-order valence-corrected chi connectivity index (χ2v) is 11.5. The van der Waals surface area contributed by atoms with E-state index in [2.05, 4.69) is 4.98 Å². The van der Waals surface area contributed by atoms with Crippen molar-refractivity contribution in [2.24, 2.45) is 5.92 Å². The molecule has 0 bridgehead atoms. The molecule has 3 heterocycles. The van der Waals surface area contributed by atoms with Gasteiger partial charge in [-0.05, 0) is 37.8 Å². The van der Waals surface area contributed by atoms with Gasteiger partial charge in [-0.15, -0.1) is 11.3 Å². The summed E-state index contributed by atoms with van der Waals surface area (Å²) in [4.78, 5) is 19.2. The quantitative estimate of drug-likeness (QED) is 0.720. The van der Waals surface area contributed by atoms with E-state index in [-0.39, 0.29) is 23.9 Å². The smallest absolute Gasteiger partial charge is 0.247 e. The Labute approximate surface area is 180 Å². The van der Waals surface area contributed by atoms with Gasteiger partial charge in [0, 0.05) is 24.8 Å². The van der Waals surface area contributed by atoms with E-state index >= 15 is 0 Å². The van der Waals surface area contributed by atoms with Crippen LogP contribution in [0.1, 0.15) is 36.4 Å². The number of nitrogens with zero attached hydrogens (tertiary/aromatic N) is 3. The van der Waals surface area contributed by atoms with E-state index < -0.39 is 15.6 Å². The molecule has 2 aromatic rings. The van der Waals surface area contributed by atoms with Gasteiger partial charge in [-0.25, -0.2) is 13.4 Å². The lowest BCUT2D eigenvalue weighted by Crippen LogP contribution is -2.49. The number of para-hydroxylation sites is 1. The maximum atomic E-state index is 13.5. The average Bonchev–Trinajstić information content (AvgIpc) is 3.29. The molecule has 1 aromatic carbocycles. The molecular weight excluding hydrogens is 422 g/mol. The normalized spacial score (nSPS) is 25.7. The fourth-order valence-electron chi connectivity index (χ4n) is 4.33. The van der Waals surface area contributed by atoms with Crippen LogP contribution in [0.25, 0.3) is 0 Å². The SMILES string of the molecule is Cc1nc(CN2C[C@]3(CCN(C(=O)CC4CC4)C3)Oc3ccccc3S2(=O)=O)cs1. The summed E-state index contributed by atoms with van der Waals surface area (Å²) >= 11 is 1.51. The number of carbonyl (C=O) groups is 1. The third-order valence-corrected chi connectivity index (χ3v) is 8.75. The highest BCUT2D eigenvalue weighted by atomic mass is 32.2. The van der Waals surface area contributed by atoms with Crippen molar-refractivity contribution in [1.29, 1.82) is 0 Å². The van der Waals surface area contributed by atoms with Crippen LogP contribution in [0.5, 0.6) is 5.75 Å². The standard InChI is InChI=1S/C21H25N3O4S2/c1-15-22-17(12-29-15)11-24-14-21(8-9-23(13-21)20(25)10-16-6-7-16)28-18-4-2-3-5-19(18)30(24,26)27/h2-5,12,16H,6-11,13-14H2,1H3/t21-/m1/s1. The second kappa shape index (κ2) is 7.32. The Morgan fingerprint density at radius 1 is 1.30 bits per heavy atom. The van der Waals surface area contributed by atoms with E-state index in [0.717, 1.165) is 23.5 Å². The number of benzene rings is 1. The van der Waals surface area contributed by atoms with Gasteiger partial charge >= 0.3 is 0 Å². The molecule has 160 valence electrons. The fraction of sp³-hybridized carbons (Fsp3) is 0.524. The van der Waals surface area contributed by atoms with Gasteiger partial charge in [0.15, 0.2) is 0 Å². The van der Waals surface area contributed by atoms with Crippen LogP contribution in [0, 0.1) is 12.8 Å². The van der Waals surface area contributed by atoms with Crippen molar-refractivity contribution in [3.8, 4) is 5.75 Å². The van der Waals surface area contributed by atoms with Crippen LogP contribution < -0.4 is 4.74 Å². The Morgan fingerprint density at radius 2 is 2.10 bits per heavy atom. The summed E-state index contributed by atoms with van der Waals surface area (Å²) in [5.41, 5.74) is -0.0144. The summed E-state index contributed by atoms with van der Waals surface area (Å²) in [6.45, 7) is 3.31. The first kappa shape index (κ1) is 20.0. The molecule has 5 rings (SSSR count). The fourth-order valence-corrected chi connectivity index (χ4v) is 6.53. The Morgan fingerprint density at radius 3 is 2.83 bits per heavy atom. The van der Waals surface area contributed by atoms with Gasteiger partial charge in [-0.1, -0.05) is 12.1 Å². The Balaban J connectivity index is 1.47. The third kappa shape index (κ3) is 3.74. The number of amides is 1. The molecule has 3 aliphatic rings. The van der Waals surface area contributed by atoms with E-state index in [1.807, 2.05) is 17.2 Å². The summed E-state index contributed by atoms with van der Waals surface area (Å²) < 4.78 is 34.8. The molecule has 7 nitrogen and oxygen atoms in total. The number of rotatable bonds is 4. The van der Waals surface area contributed by atoms with Crippen molar-refractivity contribution < 1.29 is 17.9 Å². The van der Waals surface area contributed by atoms with Gasteiger partial charge in [0.05, 0.1) is 30.3 Å². The highest BCUT2D eigenvalue weighted by molar-refractivity contribution is 7.89. The van der Waals surface area contributed by atoms with Crippen LogP contribution in [0.4, 0.5) is 0 Å². The number of aromatic nitrogens is 1. The van der Waals surface area contributed by atoms with Crippen LogP contribution in [0.15, 0.2) is 34.5 Å². The highest BCUT2D eigenvalue weighted by Gasteiger charge is 2.49. The number of ether oxygens (including phenoxy) is 1. The highest BCUT2D eigenvalue weighted by Crippen LogP contribution is 2.40. The lowest BCUT2D eigenvalue weighted by atomic mass is 10.0. The van der Waals surface area contributed by atoms with Crippen LogP contribution in [0.2, 0.25) is 0 Å². The third-order valence-electron chi connectivity index (χ3n) is 6.09. The van der Waals surface area contributed by atoms with Crippen molar-refractivity contribution in [1.82, 2.24) is 14.2 Å². The first-order valence-corrected chi connectivity index (χ1v) is 12.6. The van der Waals surface area contributed by atoms with Crippen molar-refractivity contribution in [2.45, 2.75) is 49.6 Å². The van der Waals surface area contributed by atoms with E-state index in [9.17, 15) is 13.2 Å². The maximum Gasteiger partial charge on any atom is 0.247 e. The number of hydrogen-bond donors (Lipinski definition) is 0. The molecule has 0 unspecified atom stereocenters. The Kier molecular flexibility index (Phi) is 4.87. The largest absolute Gasteiger partial charge is 0.483 e. The van der Waals surface area contributed by atoms with Crippen molar-refractivity contribution in [2.75, 3.05) is 19.6 Å². The van der Waals surface area contributed by atoms with E-state index in [4.69, 9.17) is 4.74 Å². The summed E-state index contributed by atoms with van der Waals surface area (Å²) in [6, 6.07) is 6.79. The minimum atomic E-state index is -3.75. The number of carbonyl (C=O) groups excluding carboxylic acids is 1. The van der Waals surface area contributed by atoms with Crippen molar-refractivity contribution in [3.63, 3.8) is 0 Å². The van der Waals surface area contributed by atoms with Crippen LogP contribution in [0.3, 0.4) is 0 Å². The molecule has 0 radical (unpaired) electrons. The monoisotopic (exact) mass is 447 g/mol. The molecule has 1 amide bonds. The van der Waals surface area contributed by atoms with Gasteiger partial charge in [0.2, 0.25) is 15.9 Å². The predicted octanol–water partition coefficient (Wildman–Crippen LogP) is 2.81. The zero-order valence-electron chi connectivity index (χ0n) is 16.9. The van der Waals surface area contributed by atoms with Crippen LogP contribution >= 0.6 is 11.3 Å². The van der Waals surface area contributed by atoms with Gasteiger partial charge < -0.3 is 9.64 Å². The number of fused-ring (bicyclic) bond motifs is 1. The first-order valence-electron chi connectivity index (χ1n) is 10.3. The zero-order chi connectivity index (χ0) is 20.9. The van der Waals surface area contributed by atoms with Crippen molar-refractivity contribution in [3.05, 3.63) is 40.3 Å². The number of aryl methyl sites for hydroxylation is 1. The Bertz CT molecular complexity index is 1080. The summed E-state index contributed by atoms with van der Waals surface area (Å²) in [5.74, 6) is 1.04. The molecule has 0 N–H and O–H groups in total. The summed E-state index contributed by atoms with van der Waals surface area (Å²) in [6.07, 6.45) is 3.47. The molecule has 1 aliphatic carbocycles. The molecule has 2 aliphatic heterocycles. The number of likely N-dealkylation sites (tertiary alicyclic amines) is 1. The van der Waals surface area contributed by atoms with E-state index in [1.54, 1.807) is 24.3 Å². The topological polar surface area (TPSA) is 79.8 Å². The van der Waals surface area contributed by atoms with Gasteiger partial charge in [-0.2, -0.15) is 4.31 Å². The second-order valence-electron chi connectivity index (χ2n) is 8.58. The zero-order valence-corrected chi connectivity index (χ0v) is 18.5.